The number of hydrogen-bond acceptors (Lipinski definition) is 1. The van der Waals surface area contributed by atoms with Crippen molar-refractivity contribution in [2.45, 2.75) is 67.7 Å². The molecule has 1 aliphatic rings. The standard InChI is InChI=1S/C11H16O.C8H13Si.C3H6.2ClH.Ti/c1-8-5-9(11(2,3)4)7-10(12)6-8;1-5-4-8(9)7(3)6(5)2;1-3-2;;;/h5-7,12H,1-4H3;5H,1-3,9H3;1-2H3;2*1H;/q;;;;;+1/p-1. The van der Waals surface area contributed by atoms with Crippen LogP contribution in [-0.4, -0.2) is 14.1 Å². The van der Waals surface area contributed by atoms with Gasteiger partial charge in [0.15, 0.2) is 0 Å². The van der Waals surface area contributed by atoms with E-state index in [2.05, 4.69) is 80.5 Å². The minimum atomic E-state index is -1.92. The summed E-state index contributed by atoms with van der Waals surface area (Å²) in [6, 6.07) is 6.77. The fourth-order valence-corrected chi connectivity index (χ4v) is 8.94. The van der Waals surface area contributed by atoms with Gasteiger partial charge in [0.1, 0.15) is 0 Å². The van der Waals surface area contributed by atoms with Crippen molar-refractivity contribution in [3.05, 3.63) is 49.5 Å². The van der Waals surface area contributed by atoms with Crippen molar-refractivity contribution < 1.29 is 21.1 Å². The van der Waals surface area contributed by atoms with Crippen molar-refractivity contribution in [2.75, 3.05) is 0 Å². The Morgan fingerprint density at radius 1 is 1.04 bits per heavy atom. The first-order chi connectivity index (χ1) is 11.4. The predicted octanol–water partition coefficient (Wildman–Crippen LogP) is 5.82. The van der Waals surface area contributed by atoms with Gasteiger partial charge in [-0.15, -0.1) is 24.8 Å². The van der Waals surface area contributed by atoms with Crippen molar-refractivity contribution in [3.63, 3.8) is 0 Å². The Morgan fingerprint density at radius 2 is 1.59 bits per heavy atom. The number of aryl methyl sites for hydroxylation is 1. The van der Waals surface area contributed by atoms with Gasteiger partial charge >= 0.3 is 164 Å². The minimum Gasteiger partial charge on any atom is -0.147 e. The summed E-state index contributed by atoms with van der Waals surface area (Å²) < 4.78 is 9.93. The first-order valence-corrected chi connectivity index (χ1v) is 12.5. The van der Waals surface area contributed by atoms with E-state index >= 15 is 0 Å². The summed E-state index contributed by atoms with van der Waals surface area (Å²) in [7, 11) is 1.12. The van der Waals surface area contributed by atoms with E-state index in [9.17, 15) is 0 Å². The zero-order chi connectivity index (χ0) is 19.1. The van der Waals surface area contributed by atoms with E-state index in [4.69, 9.17) is 3.32 Å². The van der Waals surface area contributed by atoms with Crippen LogP contribution < -0.4 is 3.32 Å². The predicted molar refractivity (Wildman–Crippen MR) is 126 cm³/mol. The number of benzene rings is 1. The molecule has 0 heterocycles. The summed E-state index contributed by atoms with van der Waals surface area (Å²) in [5.41, 5.74) is 5.88. The van der Waals surface area contributed by atoms with Gasteiger partial charge in [0.2, 0.25) is 0 Å². The summed E-state index contributed by atoms with van der Waals surface area (Å²) in [6.45, 7) is 20.5. The second-order valence-corrected chi connectivity index (χ2v) is 13.5. The molecule has 1 aromatic rings. The smallest absolute Gasteiger partial charge is 0.147 e. The molecule has 27 heavy (non-hydrogen) atoms. The van der Waals surface area contributed by atoms with E-state index in [0.717, 1.165) is 16.0 Å². The summed E-state index contributed by atoms with van der Waals surface area (Å²) in [5, 5.41) is 1.62. The Morgan fingerprint density at radius 3 is 2.00 bits per heavy atom. The van der Waals surface area contributed by atoms with Crippen LogP contribution in [0.15, 0.2) is 38.4 Å². The molecule has 0 amide bonds. The third-order valence-corrected chi connectivity index (χ3v) is 11.7. The zero-order valence-corrected chi connectivity index (χ0v) is 23.7. The Balaban J connectivity index is 0.00000338. The second-order valence-electron chi connectivity index (χ2n) is 8.78. The van der Waals surface area contributed by atoms with Crippen LogP contribution in [0.1, 0.15) is 66.5 Å². The zero-order valence-electron chi connectivity index (χ0n) is 18.5. The van der Waals surface area contributed by atoms with Crippen LogP contribution >= 0.6 is 24.8 Å². The van der Waals surface area contributed by atoms with Gasteiger partial charge in [0.05, 0.1) is 0 Å². The molecule has 1 atom stereocenters. The maximum Gasteiger partial charge on any atom is -0.147 e. The number of allylic oxidation sites excluding steroid dienone is 4. The summed E-state index contributed by atoms with van der Waals surface area (Å²) >= 11 is -1.92. The van der Waals surface area contributed by atoms with Gasteiger partial charge in [0.25, 0.3) is 0 Å². The molecule has 2 rings (SSSR count). The molecule has 0 aliphatic heterocycles. The second kappa shape index (κ2) is 10.1. The quantitative estimate of drug-likeness (QED) is 0.513. The molecule has 0 spiro atoms. The van der Waals surface area contributed by atoms with Gasteiger partial charge in [-0.05, 0) is 0 Å². The maximum atomic E-state index is 6.78. The monoisotopic (exact) mass is 462 g/mol. The number of hydrogen-bond donors (Lipinski definition) is 0. The molecular weight excluding hydrogens is 427 g/mol. The molecule has 0 aromatic heterocycles. The van der Waals surface area contributed by atoms with Gasteiger partial charge in [-0.3, -0.25) is 0 Å². The van der Waals surface area contributed by atoms with E-state index in [0.29, 0.717) is 5.92 Å². The molecule has 1 aliphatic carbocycles. The van der Waals surface area contributed by atoms with Gasteiger partial charge < -0.3 is 0 Å². The van der Waals surface area contributed by atoms with Crippen LogP contribution in [0.2, 0.25) is 0 Å². The van der Waals surface area contributed by atoms with Crippen molar-refractivity contribution >= 4 is 38.9 Å². The van der Waals surface area contributed by atoms with Gasteiger partial charge in [-0.2, -0.15) is 0 Å². The molecule has 0 radical (unpaired) electrons. The Kier molecular flexibility index (Phi) is 10.0. The maximum absolute atomic E-state index is 6.78. The van der Waals surface area contributed by atoms with Crippen LogP contribution in [0.25, 0.3) is 0 Å². The summed E-state index contributed by atoms with van der Waals surface area (Å²) in [5.74, 6) is 1.63. The molecule has 0 N–H and O–H groups in total. The fourth-order valence-electron chi connectivity index (χ4n) is 3.51. The van der Waals surface area contributed by atoms with Crippen molar-refractivity contribution in [1.82, 2.24) is 0 Å². The van der Waals surface area contributed by atoms with E-state index in [1.54, 1.807) is 14.6 Å². The molecule has 1 unspecified atom stereocenters. The molecular formula is C22H36Cl2OSiTi. The van der Waals surface area contributed by atoms with Crippen molar-refractivity contribution in [3.8, 4) is 5.75 Å². The van der Waals surface area contributed by atoms with Crippen LogP contribution in [0.3, 0.4) is 0 Å². The van der Waals surface area contributed by atoms with Crippen LogP contribution in [0.5, 0.6) is 5.75 Å². The molecule has 1 aromatic carbocycles. The van der Waals surface area contributed by atoms with E-state index in [1.165, 1.54) is 20.5 Å². The average Bonchev–Trinajstić information content (AvgIpc) is 2.67. The average molecular weight is 463 g/mol. The van der Waals surface area contributed by atoms with Crippen molar-refractivity contribution in [2.24, 2.45) is 5.92 Å². The molecule has 1 nitrogen and oxygen atoms in total. The van der Waals surface area contributed by atoms with Gasteiger partial charge in [-0.25, -0.2) is 0 Å². The van der Waals surface area contributed by atoms with Crippen LogP contribution in [0, 0.1) is 12.8 Å². The van der Waals surface area contributed by atoms with Crippen LogP contribution in [0.4, 0.5) is 0 Å². The van der Waals surface area contributed by atoms with Gasteiger partial charge in [0, 0.05) is 0 Å². The number of rotatable bonds is 3. The van der Waals surface area contributed by atoms with Crippen molar-refractivity contribution in [1.29, 1.82) is 0 Å². The van der Waals surface area contributed by atoms with E-state index in [1.807, 2.05) is 0 Å². The third-order valence-electron chi connectivity index (χ3n) is 5.48. The topological polar surface area (TPSA) is 9.23 Å². The fraction of sp³-hybridized carbons (Fsp3) is 0.500. The summed E-state index contributed by atoms with van der Waals surface area (Å²) in [6.07, 6.45) is 0. The SMILES string of the molecule is CC1=C(C)C(C)[C]([Ti]([O]c2cc(C)cc(C(C)(C)C)c2)=[C](C)C)=C1[SiH3].Cl.Cl. The minimum absolute atomic E-state index is 0. The largest absolute Gasteiger partial charge is 0.147 e. The molecule has 152 valence electrons. The third kappa shape index (κ3) is 5.93. The first kappa shape index (κ1) is 26.9. The van der Waals surface area contributed by atoms with E-state index in [-0.39, 0.29) is 30.2 Å². The Bertz CT molecular complexity index is 797. The van der Waals surface area contributed by atoms with Gasteiger partial charge in [-0.1, -0.05) is 0 Å². The van der Waals surface area contributed by atoms with Crippen LogP contribution in [-0.2, 0) is 23.2 Å². The molecule has 0 bridgehead atoms. The normalized spacial score (nSPS) is 16.9. The molecule has 5 heteroatoms. The Labute approximate surface area is 188 Å². The van der Waals surface area contributed by atoms with E-state index < -0.39 is 17.8 Å². The first-order valence-electron chi connectivity index (χ1n) is 9.29. The summed E-state index contributed by atoms with van der Waals surface area (Å²) in [4.78, 5) is 0. The Hall–Kier alpha value is -0.119. The molecule has 0 fully saturated rings. The molecule has 0 saturated heterocycles. The number of halogens is 2. The molecule has 0 saturated carbocycles.